The van der Waals surface area contributed by atoms with Crippen molar-refractivity contribution in [2.24, 2.45) is 29.6 Å². The molecule has 4 atom stereocenters. The van der Waals surface area contributed by atoms with Gasteiger partial charge in [0.2, 0.25) is 0 Å². The zero-order valence-electron chi connectivity index (χ0n) is 15.7. The van der Waals surface area contributed by atoms with E-state index in [2.05, 4.69) is 13.8 Å². The molecule has 3 aliphatic carbocycles. The Morgan fingerprint density at radius 2 is 1.43 bits per heavy atom. The first-order chi connectivity index (χ1) is 11.1. The average Bonchev–Trinajstić information content (AvgIpc) is 2.55. The molecule has 3 rings (SSSR count). The Morgan fingerprint density at radius 3 is 2.13 bits per heavy atom. The van der Waals surface area contributed by atoms with Crippen LogP contribution in [0.3, 0.4) is 0 Å². The van der Waals surface area contributed by atoms with Crippen molar-refractivity contribution in [1.82, 2.24) is 0 Å². The summed E-state index contributed by atoms with van der Waals surface area (Å²) in [6.45, 7) is 4.56. The van der Waals surface area contributed by atoms with Crippen molar-refractivity contribution in [3.63, 3.8) is 0 Å². The molecule has 0 saturated heterocycles. The van der Waals surface area contributed by atoms with Gasteiger partial charge in [-0.05, 0) is 87.4 Å². The highest BCUT2D eigenvalue weighted by Crippen LogP contribution is 2.50. The quantitative estimate of drug-likeness (QED) is 0.626. The number of hydrogen-bond acceptors (Lipinski definition) is 1. The van der Waals surface area contributed by atoms with Crippen LogP contribution in [-0.4, -0.2) is 10.7 Å². The van der Waals surface area contributed by atoms with Crippen molar-refractivity contribution in [3.8, 4) is 0 Å². The molecule has 4 unspecified atom stereocenters. The summed E-state index contributed by atoms with van der Waals surface area (Å²) in [6, 6.07) is 0. The molecular weight excluding hydrogens is 280 g/mol. The Hall–Kier alpha value is -0.0400. The minimum Gasteiger partial charge on any atom is -0.390 e. The standard InChI is InChI=1S/C22H40O/c1-3-5-17-6-8-18(9-7-17)19-10-11-21-16-22(23,13-4-2)14-12-20(21)15-19/h17-21,23H,3-16H2,1-2H3. The Balaban J connectivity index is 1.48. The Kier molecular flexibility index (Phi) is 6.10. The van der Waals surface area contributed by atoms with Gasteiger partial charge in [-0.25, -0.2) is 0 Å². The van der Waals surface area contributed by atoms with E-state index in [9.17, 15) is 5.11 Å². The lowest BCUT2D eigenvalue weighted by Gasteiger charge is -2.48. The monoisotopic (exact) mass is 320 g/mol. The maximum Gasteiger partial charge on any atom is 0.0650 e. The molecule has 1 N–H and O–H groups in total. The van der Waals surface area contributed by atoms with E-state index in [0.29, 0.717) is 0 Å². The molecule has 1 heteroatoms. The van der Waals surface area contributed by atoms with Crippen LogP contribution in [0.2, 0.25) is 0 Å². The summed E-state index contributed by atoms with van der Waals surface area (Å²) in [5.74, 6) is 4.90. The highest BCUT2D eigenvalue weighted by atomic mass is 16.3. The first-order valence-corrected chi connectivity index (χ1v) is 10.9. The lowest BCUT2D eigenvalue weighted by Crippen LogP contribution is -2.42. The minimum absolute atomic E-state index is 0.305. The Morgan fingerprint density at radius 1 is 0.783 bits per heavy atom. The predicted molar refractivity (Wildman–Crippen MR) is 98.4 cm³/mol. The molecule has 0 bridgehead atoms. The van der Waals surface area contributed by atoms with E-state index < -0.39 is 0 Å². The van der Waals surface area contributed by atoms with Gasteiger partial charge >= 0.3 is 0 Å². The molecule has 0 aromatic carbocycles. The smallest absolute Gasteiger partial charge is 0.0650 e. The lowest BCUT2D eigenvalue weighted by atomic mass is 9.59. The fraction of sp³-hybridized carbons (Fsp3) is 1.00. The van der Waals surface area contributed by atoms with Crippen LogP contribution in [0.1, 0.15) is 104 Å². The first-order valence-electron chi connectivity index (χ1n) is 10.9. The molecule has 3 saturated carbocycles. The summed E-state index contributed by atoms with van der Waals surface area (Å²) in [5.41, 5.74) is -0.305. The molecule has 3 fully saturated rings. The van der Waals surface area contributed by atoms with Crippen LogP contribution in [-0.2, 0) is 0 Å². The van der Waals surface area contributed by atoms with Crippen LogP contribution in [0, 0.1) is 29.6 Å². The van der Waals surface area contributed by atoms with E-state index in [1.54, 1.807) is 0 Å². The number of hydrogen-bond donors (Lipinski definition) is 1. The van der Waals surface area contributed by atoms with Gasteiger partial charge in [0, 0.05) is 0 Å². The number of aliphatic hydroxyl groups is 1. The van der Waals surface area contributed by atoms with Crippen LogP contribution in [0.25, 0.3) is 0 Å². The third-order valence-electron chi connectivity index (χ3n) is 7.77. The largest absolute Gasteiger partial charge is 0.390 e. The van der Waals surface area contributed by atoms with Crippen molar-refractivity contribution in [2.75, 3.05) is 0 Å². The second kappa shape index (κ2) is 7.89. The number of rotatable bonds is 5. The zero-order chi connectivity index (χ0) is 16.3. The first kappa shape index (κ1) is 17.8. The normalized spacial score (nSPS) is 44.7. The van der Waals surface area contributed by atoms with E-state index in [-0.39, 0.29) is 5.60 Å². The van der Waals surface area contributed by atoms with Crippen LogP contribution >= 0.6 is 0 Å². The van der Waals surface area contributed by atoms with Gasteiger partial charge in [-0.3, -0.25) is 0 Å². The predicted octanol–water partition coefficient (Wildman–Crippen LogP) is 6.34. The molecule has 0 amide bonds. The summed E-state index contributed by atoms with van der Waals surface area (Å²) >= 11 is 0. The summed E-state index contributed by atoms with van der Waals surface area (Å²) in [4.78, 5) is 0. The third kappa shape index (κ3) is 4.33. The van der Waals surface area contributed by atoms with Crippen LogP contribution < -0.4 is 0 Å². The van der Waals surface area contributed by atoms with Crippen molar-refractivity contribution in [3.05, 3.63) is 0 Å². The van der Waals surface area contributed by atoms with E-state index in [0.717, 1.165) is 55.3 Å². The zero-order valence-corrected chi connectivity index (χ0v) is 15.7. The fourth-order valence-electron chi connectivity index (χ4n) is 6.51. The van der Waals surface area contributed by atoms with Gasteiger partial charge in [0.25, 0.3) is 0 Å². The van der Waals surface area contributed by atoms with Crippen LogP contribution in [0.4, 0.5) is 0 Å². The Bertz CT molecular complexity index is 357. The summed E-state index contributed by atoms with van der Waals surface area (Å²) in [7, 11) is 0. The van der Waals surface area contributed by atoms with E-state index in [1.807, 2.05) is 0 Å². The molecule has 0 aliphatic heterocycles. The van der Waals surface area contributed by atoms with Crippen LogP contribution in [0.15, 0.2) is 0 Å². The van der Waals surface area contributed by atoms with Gasteiger partial charge in [-0.1, -0.05) is 46.0 Å². The SMILES string of the molecule is CCCC1CCC(C2CCC3CC(O)(CCC)CCC3C2)CC1. The molecule has 23 heavy (non-hydrogen) atoms. The maximum absolute atomic E-state index is 10.8. The molecule has 0 aromatic heterocycles. The number of fused-ring (bicyclic) bond motifs is 1. The van der Waals surface area contributed by atoms with Gasteiger partial charge < -0.3 is 5.11 Å². The molecule has 0 heterocycles. The molecule has 1 nitrogen and oxygen atoms in total. The highest BCUT2D eigenvalue weighted by Gasteiger charge is 2.43. The van der Waals surface area contributed by atoms with Crippen molar-refractivity contribution in [1.29, 1.82) is 0 Å². The molecule has 0 aromatic rings. The minimum atomic E-state index is -0.305. The maximum atomic E-state index is 10.8. The van der Waals surface area contributed by atoms with E-state index >= 15 is 0 Å². The molecule has 0 radical (unpaired) electrons. The summed E-state index contributed by atoms with van der Waals surface area (Å²) < 4.78 is 0. The van der Waals surface area contributed by atoms with Gasteiger partial charge in [-0.15, -0.1) is 0 Å². The second-order valence-electron chi connectivity index (χ2n) is 9.38. The van der Waals surface area contributed by atoms with E-state index in [4.69, 9.17) is 0 Å². The highest BCUT2D eigenvalue weighted by molar-refractivity contribution is 4.94. The molecule has 3 aliphatic rings. The van der Waals surface area contributed by atoms with Gasteiger partial charge in [-0.2, -0.15) is 0 Å². The van der Waals surface area contributed by atoms with Gasteiger partial charge in [0.05, 0.1) is 5.60 Å². The molecule has 134 valence electrons. The van der Waals surface area contributed by atoms with Crippen molar-refractivity contribution >= 4 is 0 Å². The fourth-order valence-corrected chi connectivity index (χ4v) is 6.51. The van der Waals surface area contributed by atoms with E-state index in [1.165, 1.54) is 64.2 Å². The lowest BCUT2D eigenvalue weighted by molar-refractivity contribution is -0.0614. The summed E-state index contributed by atoms with van der Waals surface area (Å²) in [6.07, 6.45) is 19.0. The average molecular weight is 321 g/mol. The third-order valence-corrected chi connectivity index (χ3v) is 7.77. The Labute approximate surface area is 144 Å². The molecular formula is C22H40O. The van der Waals surface area contributed by atoms with Crippen molar-refractivity contribution < 1.29 is 5.11 Å². The second-order valence-corrected chi connectivity index (χ2v) is 9.38. The van der Waals surface area contributed by atoms with Gasteiger partial charge in [0.15, 0.2) is 0 Å². The summed E-state index contributed by atoms with van der Waals surface area (Å²) in [5, 5.41) is 10.8. The molecule has 0 spiro atoms. The van der Waals surface area contributed by atoms with Crippen molar-refractivity contribution in [2.45, 2.75) is 109 Å². The van der Waals surface area contributed by atoms with Gasteiger partial charge in [0.1, 0.15) is 0 Å². The van der Waals surface area contributed by atoms with Crippen LogP contribution in [0.5, 0.6) is 0 Å². The topological polar surface area (TPSA) is 20.2 Å².